The predicted octanol–water partition coefficient (Wildman–Crippen LogP) is 0.503. The average Bonchev–Trinajstić information content (AvgIpc) is 2.90. The van der Waals surface area contributed by atoms with Gasteiger partial charge in [-0.3, -0.25) is 9.59 Å². The van der Waals surface area contributed by atoms with E-state index in [1.807, 2.05) is 13.8 Å². The molecule has 0 bridgehead atoms. The third-order valence-corrected chi connectivity index (χ3v) is 2.93. The van der Waals surface area contributed by atoms with Gasteiger partial charge in [0.05, 0.1) is 19.9 Å². The Balaban J connectivity index is 2.75. The first-order valence-electron chi connectivity index (χ1n) is 7.05. The zero-order valence-electron chi connectivity index (χ0n) is 12.9. The second-order valence-electron chi connectivity index (χ2n) is 5.26. The Morgan fingerprint density at radius 1 is 1.48 bits per heavy atom. The van der Waals surface area contributed by atoms with Crippen molar-refractivity contribution in [1.29, 1.82) is 0 Å². The zero-order valence-corrected chi connectivity index (χ0v) is 12.9. The van der Waals surface area contributed by atoms with Crippen LogP contribution in [0, 0.1) is 5.92 Å². The number of esters is 1. The second kappa shape index (κ2) is 8.41. The van der Waals surface area contributed by atoms with Gasteiger partial charge in [-0.2, -0.15) is 0 Å². The number of ether oxygens (including phenoxy) is 1. The highest BCUT2D eigenvalue weighted by atomic mass is 16.5. The summed E-state index contributed by atoms with van der Waals surface area (Å²) >= 11 is 0. The van der Waals surface area contributed by atoms with E-state index in [9.17, 15) is 9.59 Å². The van der Waals surface area contributed by atoms with Crippen LogP contribution >= 0.6 is 0 Å². The molecule has 0 saturated heterocycles. The number of nitrogens with two attached hydrogens (primary N) is 1. The van der Waals surface area contributed by atoms with E-state index in [0.717, 1.165) is 0 Å². The summed E-state index contributed by atoms with van der Waals surface area (Å²) in [7, 11) is 1.34. The van der Waals surface area contributed by atoms with Gasteiger partial charge in [-0.25, -0.2) is 4.98 Å². The molecule has 0 aromatic carbocycles. The first kappa shape index (κ1) is 17.2. The minimum Gasteiger partial charge on any atom is -0.469 e. The molecule has 0 aliphatic carbocycles. The normalized spacial score (nSPS) is 10.7. The molecule has 0 radical (unpaired) electrons. The third kappa shape index (κ3) is 5.55. The Hall–Kier alpha value is -1.89. The second-order valence-corrected chi connectivity index (χ2v) is 5.26. The number of imidazole rings is 1. The number of aromatic nitrogens is 2. The lowest BCUT2D eigenvalue weighted by Crippen LogP contribution is -2.36. The number of methoxy groups -OCH3 is 1. The Morgan fingerprint density at radius 2 is 2.19 bits per heavy atom. The molecule has 7 nitrogen and oxygen atoms in total. The summed E-state index contributed by atoms with van der Waals surface area (Å²) in [5.74, 6) is -0.202. The fourth-order valence-corrected chi connectivity index (χ4v) is 1.95. The van der Waals surface area contributed by atoms with E-state index >= 15 is 0 Å². The van der Waals surface area contributed by atoms with Crippen LogP contribution in [0.2, 0.25) is 0 Å². The molecule has 7 heteroatoms. The SMILES string of the molecule is COC(=O)CCN(CC(C)C)C(=O)c1cn(CCN)cn1. The molecule has 1 amide bonds. The summed E-state index contributed by atoms with van der Waals surface area (Å²) in [6, 6.07) is 0. The number of amides is 1. The monoisotopic (exact) mass is 296 g/mol. The van der Waals surface area contributed by atoms with Gasteiger partial charge in [-0.1, -0.05) is 13.8 Å². The summed E-state index contributed by atoms with van der Waals surface area (Å²) in [5.41, 5.74) is 5.84. The van der Waals surface area contributed by atoms with Crippen LogP contribution in [-0.4, -0.2) is 53.1 Å². The van der Waals surface area contributed by atoms with E-state index in [1.54, 1.807) is 22.0 Å². The topological polar surface area (TPSA) is 90.5 Å². The van der Waals surface area contributed by atoms with Crippen molar-refractivity contribution in [2.45, 2.75) is 26.8 Å². The summed E-state index contributed by atoms with van der Waals surface area (Å²) in [5, 5.41) is 0. The number of hydrogen-bond acceptors (Lipinski definition) is 5. The molecular weight excluding hydrogens is 272 g/mol. The van der Waals surface area contributed by atoms with Gasteiger partial charge < -0.3 is 19.9 Å². The summed E-state index contributed by atoms with van der Waals surface area (Å²) in [4.78, 5) is 29.5. The molecule has 0 saturated carbocycles. The molecule has 0 aliphatic rings. The van der Waals surface area contributed by atoms with Crippen molar-refractivity contribution in [3.63, 3.8) is 0 Å². The van der Waals surface area contributed by atoms with E-state index in [-0.39, 0.29) is 18.3 Å². The summed E-state index contributed by atoms with van der Waals surface area (Å²) in [6.07, 6.45) is 3.45. The van der Waals surface area contributed by atoms with Crippen LogP contribution in [0.1, 0.15) is 30.8 Å². The molecule has 1 aromatic heterocycles. The fourth-order valence-electron chi connectivity index (χ4n) is 1.95. The van der Waals surface area contributed by atoms with E-state index in [1.165, 1.54) is 7.11 Å². The summed E-state index contributed by atoms with van der Waals surface area (Å²) < 4.78 is 6.40. The smallest absolute Gasteiger partial charge is 0.307 e. The standard InChI is InChI=1S/C14H24N4O3/c1-11(2)8-18(6-4-13(19)21-3)14(20)12-9-17(7-5-15)10-16-12/h9-11H,4-8,15H2,1-3H3. The minimum absolute atomic E-state index is 0.177. The molecule has 0 spiro atoms. The third-order valence-electron chi connectivity index (χ3n) is 2.93. The van der Waals surface area contributed by atoms with Gasteiger partial charge in [0.15, 0.2) is 0 Å². The Morgan fingerprint density at radius 3 is 2.76 bits per heavy atom. The lowest BCUT2D eigenvalue weighted by molar-refractivity contribution is -0.140. The largest absolute Gasteiger partial charge is 0.469 e. The van der Waals surface area contributed by atoms with Crippen molar-refractivity contribution in [3.8, 4) is 0 Å². The van der Waals surface area contributed by atoms with E-state index in [4.69, 9.17) is 5.73 Å². The summed E-state index contributed by atoms with van der Waals surface area (Å²) in [6.45, 7) is 6.04. The molecular formula is C14H24N4O3. The number of carbonyl (C=O) groups is 2. The van der Waals surface area contributed by atoms with Crippen LogP contribution in [0.5, 0.6) is 0 Å². The molecule has 1 aromatic rings. The molecule has 21 heavy (non-hydrogen) atoms. The van der Waals surface area contributed by atoms with Gasteiger partial charge in [0.25, 0.3) is 5.91 Å². The van der Waals surface area contributed by atoms with E-state index in [2.05, 4.69) is 9.72 Å². The molecule has 0 aliphatic heterocycles. The zero-order chi connectivity index (χ0) is 15.8. The maximum Gasteiger partial charge on any atom is 0.307 e. The number of hydrogen-bond donors (Lipinski definition) is 1. The van der Waals surface area contributed by atoms with Crippen molar-refractivity contribution >= 4 is 11.9 Å². The first-order valence-corrected chi connectivity index (χ1v) is 7.05. The van der Waals surface area contributed by atoms with Crippen LogP contribution in [0.4, 0.5) is 0 Å². The highest BCUT2D eigenvalue weighted by Gasteiger charge is 2.20. The van der Waals surface area contributed by atoms with Gasteiger partial charge >= 0.3 is 5.97 Å². The fraction of sp³-hybridized carbons (Fsp3) is 0.643. The maximum absolute atomic E-state index is 12.5. The van der Waals surface area contributed by atoms with E-state index < -0.39 is 0 Å². The van der Waals surface area contributed by atoms with Crippen LogP contribution in [0.25, 0.3) is 0 Å². The van der Waals surface area contributed by atoms with Crippen molar-refractivity contribution in [2.24, 2.45) is 11.7 Å². The first-order chi connectivity index (χ1) is 9.97. The van der Waals surface area contributed by atoms with Crippen LogP contribution in [-0.2, 0) is 16.1 Å². The number of carbonyl (C=O) groups excluding carboxylic acids is 2. The number of nitrogens with zero attached hydrogens (tertiary/aromatic N) is 3. The van der Waals surface area contributed by atoms with Crippen LogP contribution in [0.15, 0.2) is 12.5 Å². The minimum atomic E-state index is -0.329. The Bertz CT molecular complexity index is 471. The van der Waals surface area contributed by atoms with Crippen molar-refractivity contribution in [2.75, 3.05) is 26.7 Å². The van der Waals surface area contributed by atoms with Gasteiger partial charge in [-0.05, 0) is 5.92 Å². The van der Waals surface area contributed by atoms with Gasteiger partial charge in [0, 0.05) is 32.4 Å². The van der Waals surface area contributed by atoms with E-state index in [0.29, 0.717) is 37.8 Å². The molecule has 0 fully saturated rings. The molecule has 1 rings (SSSR count). The van der Waals surface area contributed by atoms with Crippen LogP contribution in [0.3, 0.4) is 0 Å². The van der Waals surface area contributed by atoms with Gasteiger partial charge in [-0.15, -0.1) is 0 Å². The lowest BCUT2D eigenvalue weighted by atomic mass is 10.2. The quantitative estimate of drug-likeness (QED) is 0.706. The molecule has 118 valence electrons. The Labute approximate surface area is 125 Å². The Kier molecular flexibility index (Phi) is 6.87. The maximum atomic E-state index is 12.5. The predicted molar refractivity (Wildman–Crippen MR) is 78.7 cm³/mol. The molecule has 1 heterocycles. The van der Waals surface area contributed by atoms with Crippen LogP contribution < -0.4 is 5.73 Å². The molecule has 0 unspecified atom stereocenters. The lowest BCUT2D eigenvalue weighted by Gasteiger charge is -2.23. The molecule has 0 atom stereocenters. The molecule has 2 N–H and O–H groups in total. The average molecular weight is 296 g/mol. The highest BCUT2D eigenvalue weighted by molar-refractivity contribution is 5.92. The van der Waals surface area contributed by atoms with Gasteiger partial charge in [0.2, 0.25) is 0 Å². The highest BCUT2D eigenvalue weighted by Crippen LogP contribution is 2.07. The van der Waals surface area contributed by atoms with Gasteiger partial charge in [0.1, 0.15) is 5.69 Å². The van der Waals surface area contributed by atoms with Crippen molar-refractivity contribution in [3.05, 3.63) is 18.2 Å². The number of rotatable bonds is 8. The van der Waals surface area contributed by atoms with Crippen molar-refractivity contribution < 1.29 is 14.3 Å². The van der Waals surface area contributed by atoms with Crippen molar-refractivity contribution in [1.82, 2.24) is 14.5 Å².